The van der Waals surface area contributed by atoms with Crippen LogP contribution in [-0.4, -0.2) is 50.4 Å². The monoisotopic (exact) mass is 379 g/mol. The Kier molecular flexibility index (Phi) is 6.98. The molecule has 6 nitrogen and oxygen atoms in total. The molecule has 1 aromatic rings. The van der Waals surface area contributed by atoms with Crippen LogP contribution in [0.15, 0.2) is 12.1 Å². The van der Waals surface area contributed by atoms with E-state index in [9.17, 15) is 9.90 Å². The van der Waals surface area contributed by atoms with E-state index < -0.39 is 6.04 Å². The van der Waals surface area contributed by atoms with E-state index in [4.69, 9.17) is 14.2 Å². The molecule has 0 spiro atoms. The molecule has 0 unspecified atom stereocenters. The Morgan fingerprint density at radius 2 is 1.70 bits per heavy atom. The minimum absolute atomic E-state index is 0.0783. The summed E-state index contributed by atoms with van der Waals surface area (Å²) in [6.07, 6.45) is 2.31. The number of nitrogens with zero attached hydrogens (tertiary/aromatic N) is 1. The molecule has 1 aliphatic rings. The Balaban J connectivity index is 2.36. The molecule has 2 rings (SSSR count). The maximum Gasteiger partial charge on any atom is 0.223 e. The van der Waals surface area contributed by atoms with Gasteiger partial charge in [-0.2, -0.15) is 0 Å². The van der Waals surface area contributed by atoms with E-state index in [1.165, 1.54) is 0 Å². The van der Waals surface area contributed by atoms with Crippen molar-refractivity contribution in [2.75, 3.05) is 34.5 Å². The van der Waals surface area contributed by atoms with Crippen molar-refractivity contribution in [1.82, 2.24) is 4.90 Å². The van der Waals surface area contributed by atoms with Gasteiger partial charge in [-0.25, -0.2) is 0 Å². The molecular weight excluding hydrogens is 346 g/mol. The third-order valence-corrected chi connectivity index (χ3v) is 5.59. The number of likely N-dealkylation sites (tertiary alicyclic amines) is 1. The number of ether oxygens (including phenoxy) is 3. The van der Waals surface area contributed by atoms with E-state index in [-0.39, 0.29) is 17.9 Å². The molecule has 0 bridgehead atoms. The first-order valence-corrected chi connectivity index (χ1v) is 9.47. The number of carbonyl (C=O) groups excluding carboxylic acids is 1. The van der Waals surface area contributed by atoms with Crippen molar-refractivity contribution in [3.8, 4) is 17.2 Å². The van der Waals surface area contributed by atoms with Gasteiger partial charge < -0.3 is 24.2 Å². The van der Waals surface area contributed by atoms with Gasteiger partial charge in [-0.05, 0) is 41.9 Å². The van der Waals surface area contributed by atoms with Crippen LogP contribution in [0.25, 0.3) is 0 Å². The molecule has 0 saturated carbocycles. The fraction of sp³-hybridized carbons (Fsp3) is 0.667. The Labute approximate surface area is 162 Å². The average Bonchev–Trinajstić information content (AvgIpc) is 2.83. The van der Waals surface area contributed by atoms with Crippen LogP contribution in [0.2, 0.25) is 0 Å². The Morgan fingerprint density at radius 3 is 2.15 bits per heavy atom. The van der Waals surface area contributed by atoms with Crippen LogP contribution in [0.1, 0.15) is 51.6 Å². The molecule has 2 atom stereocenters. The second kappa shape index (κ2) is 8.83. The molecule has 1 amide bonds. The lowest BCUT2D eigenvalue weighted by Crippen LogP contribution is -2.36. The molecule has 27 heavy (non-hydrogen) atoms. The molecule has 1 aromatic carbocycles. The Bertz CT molecular complexity index is 627. The molecule has 1 N–H and O–H groups in total. The van der Waals surface area contributed by atoms with Gasteiger partial charge in [-0.3, -0.25) is 4.79 Å². The van der Waals surface area contributed by atoms with Crippen LogP contribution >= 0.6 is 0 Å². The van der Waals surface area contributed by atoms with Gasteiger partial charge in [0.2, 0.25) is 11.7 Å². The summed E-state index contributed by atoms with van der Waals surface area (Å²) in [5.41, 5.74) is 0.937. The lowest BCUT2D eigenvalue weighted by molar-refractivity contribution is -0.134. The maximum absolute atomic E-state index is 12.8. The molecule has 0 aliphatic carbocycles. The lowest BCUT2D eigenvalue weighted by atomic mass is 9.76. The molecule has 1 heterocycles. The molecule has 1 aliphatic heterocycles. The first kappa shape index (κ1) is 21.4. The summed E-state index contributed by atoms with van der Waals surface area (Å²) < 4.78 is 16.2. The van der Waals surface area contributed by atoms with Crippen LogP contribution in [-0.2, 0) is 4.79 Å². The van der Waals surface area contributed by atoms with Crippen LogP contribution in [0.5, 0.6) is 17.2 Å². The largest absolute Gasteiger partial charge is 0.493 e. The minimum Gasteiger partial charge on any atom is -0.493 e. The first-order chi connectivity index (χ1) is 12.8. The normalized spacial score (nSPS) is 19.4. The SMILES string of the molecule is COc1cc([C@H](CO)N2CC[C@H](C(C)(C)C)CCC2=O)cc(OC)c1OC. The number of carbonyl (C=O) groups is 1. The van der Waals surface area contributed by atoms with Crippen molar-refractivity contribution in [2.45, 2.75) is 46.1 Å². The summed E-state index contributed by atoms with van der Waals surface area (Å²) in [5.74, 6) is 2.08. The van der Waals surface area contributed by atoms with Gasteiger partial charge in [0, 0.05) is 13.0 Å². The average molecular weight is 379 g/mol. The third kappa shape index (κ3) is 4.67. The molecule has 1 saturated heterocycles. The predicted octanol–water partition coefficient (Wildman–Crippen LogP) is 3.42. The lowest BCUT2D eigenvalue weighted by Gasteiger charge is -2.32. The van der Waals surface area contributed by atoms with Crippen molar-refractivity contribution in [2.24, 2.45) is 11.3 Å². The smallest absolute Gasteiger partial charge is 0.223 e. The molecule has 0 radical (unpaired) electrons. The summed E-state index contributed by atoms with van der Waals surface area (Å²) in [6.45, 7) is 7.13. The summed E-state index contributed by atoms with van der Waals surface area (Å²) >= 11 is 0. The van der Waals surface area contributed by atoms with Gasteiger partial charge in [0.1, 0.15) is 0 Å². The van der Waals surface area contributed by atoms with Crippen LogP contribution in [0, 0.1) is 11.3 Å². The maximum atomic E-state index is 12.8. The van der Waals surface area contributed by atoms with E-state index in [2.05, 4.69) is 20.8 Å². The summed E-state index contributed by atoms with van der Waals surface area (Å²) in [6, 6.07) is 3.17. The molecule has 6 heteroatoms. The zero-order valence-electron chi connectivity index (χ0n) is 17.4. The van der Waals surface area contributed by atoms with Gasteiger partial charge in [0.15, 0.2) is 11.5 Å². The molecule has 0 aromatic heterocycles. The number of benzene rings is 1. The van der Waals surface area contributed by atoms with Gasteiger partial charge in [-0.1, -0.05) is 20.8 Å². The first-order valence-electron chi connectivity index (χ1n) is 9.47. The number of amides is 1. The zero-order chi connectivity index (χ0) is 20.2. The highest BCUT2D eigenvalue weighted by Crippen LogP contribution is 2.42. The summed E-state index contributed by atoms with van der Waals surface area (Å²) in [7, 11) is 4.66. The second-order valence-corrected chi connectivity index (χ2v) is 8.13. The highest BCUT2D eigenvalue weighted by atomic mass is 16.5. The van der Waals surface area contributed by atoms with Gasteiger partial charge in [0.05, 0.1) is 34.0 Å². The van der Waals surface area contributed by atoms with Gasteiger partial charge in [-0.15, -0.1) is 0 Å². The summed E-state index contributed by atoms with van der Waals surface area (Å²) in [5, 5.41) is 10.1. The van der Waals surface area contributed by atoms with E-state index in [1.807, 2.05) is 12.1 Å². The standard InChI is InChI=1S/C21H33NO5/c1-21(2,3)15-7-8-19(24)22(10-9-15)16(13-23)14-11-17(25-4)20(27-6)18(12-14)26-5/h11-12,15-16,23H,7-10,13H2,1-6H3/t15-,16+/m1/s1. The number of aliphatic hydroxyl groups is 1. The highest BCUT2D eigenvalue weighted by molar-refractivity contribution is 5.77. The van der Waals surface area contributed by atoms with E-state index in [0.29, 0.717) is 36.1 Å². The predicted molar refractivity (Wildman–Crippen MR) is 104 cm³/mol. The van der Waals surface area contributed by atoms with Crippen LogP contribution < -0.4 is 14.2 Å². The minimum atomic E-state index is -0.440. The molecule has 152 valence electrons. The fourth-order valence-electron chi connectivity index (χ4n) is 3.88. The zero-order valence-corrected chi connectivity index (χ0v) is 17.4. The van der Waals surface area contributed by atoms with E-state index in [1.54, 1.807) is 26.2 Å². The number of hydrogen-bond acceptors (Lipinski definition) is 5. The van der Waals surface area contributed by atoms with E-state index >= 15 is 0 Å². The third-order valence-electron chi connectivity index (χ3n) is 5.59. The van der Waals surface area contributed by atoms with Crippen LogP contribution in [0.4, 0.5) is 0 Å². The van der Waals surface area contributed by atoms with Crippen LogP contribution in [0.3, 0.4) is 0 Å². The quantitative estimate of drug-likeness (QED) is 0.820. The van der Waals surface area contributed by atoms with Crippen molar-refractivity contribution in [1.29, 1.82) is 0 Å². The highest BCUT2D eigenvalue weighted by Gasteiger charge is 2.33. The Hall–Kier alpha value is -1.95. The van der Waals surface area contributed by atoms with Gasteiger partial charge in [0.25, 0.3) is 0 Å². The van der Waals surface area contributed by atoms with Gasteiger partial charge >= 0.3 is 0 Å². The number of aliphatic hydroxyl groups excluding tert-OH is 1. The van der Waals surface area contributed by atoms with Crippen molar-refractivity contribution in [3.05, 3.63) is 17.7 Å². The number of rotatable bonds is 6. The second-order valence-electron chi connectivity index (χ2n) is 8.13. The molecule has 1 fully saturated rings. The Morgan fingerprint density at radius 1 is 1.11 bits per heavy atom. The molecular formula is C21H33NO5. The number of methoxy groups -OCH3 is 3. The number of hydrogen-bond donors (Lipinski definition) is 1. The van der Waals surface area contributed by atoms with Crippen molar-refractivity contribution in [3.63, 3.8) is 0 Å². The van der Waals surface area contributed by atoms with Crippen molar-refractivity contribution >= 4 is 5.91 Å². The topological polar surface area (TPSA) is 68.2 Å². The van der Waals surface area contributed by atoms with E-state index in [0.717, 1.165) is 18.4 Å². The summed E-state index contributed by atoms with van der Waals surface area (Å²) in [4.78, 5) is 14.6. The van der Waals surface area contributed by atoms with Crippen molar-refractivity contribution < 1.29 is 24.1 Å². The fourth-order valence-corrected chi connectivity index (χ4v) is 3.88.